The Morgan fingerprint density at radius 2 is 0.457 bits per heavy atom. The van der Waals surface area contributed by atoms with Crippen LogP contribution in [0.3, 0.4) is 0 Å². The van der Waals surface area contributed by atoms with Gasteiger partial charge in [-0.3, -0.25) is 0 Å². The number of rotatable bonds is 31. The van der Waals surface area contributed by atoms with E-state index in [4.69, 9.17) is 27.9 Å². The van der Waals surface area contributed by atoms with E-state index in [0.29, 0.717) is 0 Å². The van der Waals surface area contributed by atoms with Crippen LogP contribution in [-0.2, 0) is 0 Å². The normalized spacial score (nSPS) is 11.7. The summed E-state index contributed by atoms with van der Waals surface area (Å²) in [6.45, 7) is 0.871. The van der Waals surface area contributed by atoms with E-state index in [-0.39, 0.29) is 0 Å². The Morgan fingerprint density at radius 1 is 0.286 bits per heavy atom. The van der Waals surface area contributed by atoms with Crippen LogP contribution in [0.25, 0.3) is 0 Å². The van der Waals surface area contributed by atoms with E-state index in [1.165, 1.54) is 186 Å². The van der Waals surface area contributed by atoms with Crippen molar-refractivity contribution in [3.63, 3.8) is 0 Å². The first-order valence-electron chi connectivity index (χ1n) is 16.3. The van der Waals surface area contributed by atoms with Crippen molar-refractivity contribution in [2.24, 2.45) is 5.73 Å². The van der Waals surface area contributed by atoms with Gasteiger partial charge in [-0.25, -0.2) is 0 Å². The summed E-state index contributed by atoms with van der Waals surface area (Å²) in [7, 11) is -1.34. The molecule has 0 aromatic heterocycles. The molecular formula is C31H65Cl2NSi. The first kappa shape index (κ1) is 35.8. The highest BCUT2D eigenvalue weighted by molar-refractivity contribution is 7.33. The summed E-state index contributed by atoms with van der Waals surface area (Å²) >= 11 is 11.8. The van der Waals surface area contributed by atoms with Crippen LogP contribution in [-0.4, -0.2) is 14.0 Å². The molecule has 0 aliphatic rings. The summed E-state index contributed by atoms with van der Waals surface area (Å²) in [5, 5.41) is 0. The Balaban J connectivity index is 3.01. The van der Waals surface area contributed by atoms with E-state index >= 15 is 0 Å². The lowest BCUT2D eigenvalue weighted by Crippen LogP contribution is -1.97. The van der Waals surface area contributed by atoms with Crippen molar-refractivity contribution in [1.29, 1.82) is 0 Å². The molecule has 0 aliphatic carbocycles. The maximum Gasteiger partial charge on any atom is 0.237 e. The van der Waals surface area contributed by atoms with Gasteiger partial charge in [-0.1, -0.05) is 180 Å². The van der Waals surface area contributed by atoms with Crippen molar-refractivity contribution in [3.05, 3.63) is 0 Å². The Labute approximate surface area is 233 Å². The van der Waals surface area contributed by atoms with Crippen LogP contribution < -0.4 is 5.73 Å². The lowest BCUT2D eigenvalue weighted by molar-refractivity contribution is 0.513. The van der Waals surface area contributed by atoms with Crippen molar-refractivity contribution in [2.75, 3.05) is 6.54 Å². The zero-order valence-corrected chi connectivity index (χ0v) is 26.5. The van der Waals surface area contributed by atoms with Crippen LogP contribution in [0.2, 0.25) is 6.04 Å². The van der Waals surface area contributed by atoms with Gasteiger partial charge in [-0.05, 0) is 19.0 Å². The predicted molar refractivity (Wildman–Crippen MR) is 167 cm³/mol. The monoisotopic (exact) mass is 549 g/mol. The van der Waals surface area contributed by atoms with Crippen LogP contribution in [0.15, 0.2) is 0 Å². The molecule has 0 rings (SSSR count). The Hall–Kier alpha value is 0.757. The topological polar surface area (TPSA) is 26.0 Å². The molecule has 0 unspecified atom stereocenters. The molecule has 0 saturated heterocycles. The van der Waals surface area contributed by atoms with Gasteiger partial charge >= 0.3 is 0 Å². The molecule has 212 valence electrons. The smallest absolute Gasteiger partial charge is 0.237 e. The zero-order chi connectivity index (χ0) is 25.5. The van der Waals surface area contributed by atoms with Crippen molar-refractivity contribution in [1.82, 2.24) is 0 Å². The van der Waals surface area contributed by atoms with E-state index in [1.807, 2.05) is 0 Å². The second-order valence-corrected chi connectivity index (χ2v) is 16.4. The fourth-order valence-electron chi connectivity index (χ4n) is 5.22. The SMILES string of the molecule is NCCCCCCCCCCCCCCCCCCCCCCCCCCCCCCC[SiH](Cl)Cl. The minimum Gasteiger partial charge on any atom is -0.330 e. The predicted octanol–water partition coefficient (Wildman–Crippen LogP) is 12.0. The molecule has 0 fully saturated rings. The molecule has 1 nitrogen and oxygen atoms in total. The third-order valence-corrected chi connectivity index (χ3v) is 9.78. The van der Waals surface area contributed by atoms with Crippen LogP contribution in [0.5, 0.6) is 0 Å². The largest absolute Gasteiger partial charge is 0.330 e. The fraction of sp³-hybridized carbons (Fsp3) is 1.00. The molecule has 0 amide bonds. The molecule has 2 N–H and O–H groups in total. The minimum absolute atomic E-state index is 0.871. The number of hydrogen-bond acceptors (Lipinski definition) is 1. The molecule has 35 heavy (non-hydrogen) atoms. The minimum atomic E-state index is -1.34. The summed E-state index contributed by atoms with van der Waals surface area (Å²) < 4.78 is 0. The second kappa shape index (κ2) is 32.8. The maximum atomic E-state index is 5.90. The summed E-state index contributed by atoms with van der Waals surface area (Å²) in [5.41, 5.74) is 5.54. The van der Waals surface area contributed by atoms with Gasteiger partial charge in [0.15, 0.2) is 0 Å². The number of hydrogen-bond donors (Lipinski definition) is 1. The summed E-state index contributed by atoms with van der Waals surface area (Å²) in [6, 6.07) is 1.10. The van der Waals surface area contributed by atoms with Crippen LogP contribution in [0.4, 0.5) is 0 Å². The van der Waals surface area contributed by atoms with Crippen molar-refractivity contribution in [3.8, 4) is 0 Å². The first-order chi connectivity index (χ1) is 17.3. The van der Waals surface area contributed by atoms with Crippen molar-refractivity contribution in [2.45, 2.75) is 192 Å². The Morgan fingerprint density at radius 3 is 0.629 bits per heavy atom. The van der Waals surface area contributed by atoms with Crippen molar-refractivity contribution >= 4 is 29.6 Å². The summed E-state index contributed by atoms with van der Waals surface area (Å²) in [5.74, 6) is 0. The van der Waals surface area contributed by atoms with E-state index < -0.39 is 7.42 Å². The van der Waals surface area contributed by atoms with E-state index in [0.717, 1.165) is 12.6 Å². The molecule has 0 spiro atoms. The molecule has 0 aromatic carbocycles. The average molecular weight is 551 g/mol. The Kier molecular flexibility index (Phi) is 33.5. The molecule has 0 radical (unpaired) electrons. The lowest BCUT2D eigenvalue weighted by Gasteiger charge is -2.04. The fourth-order valence-corrected chi connectivity index (χ4v) is 6.74. The third kappa shape index (κ3) is 34.8. The van der Waals surface area contributed by atoms with Gasteiger partial charge in [0, 0.05) is 0 Å². The molecule has 4 heteroatoms. The van der Waals surface area contributed by atoms with Crippen molar-refractivity contribution < 1.29 is 0 Å². The molecule has 0 aromatic rings. The van der Waals surface area contributed by atoms with Gasteiger partial charge in [0.05, 0.1) is 0 Å². The maximum absolute atomic E-state index is 5.90. The van der Waals surface area contributed by atoms with Gasteiger partial charge in [0.1, 0.15) is 0 Å². The van der Waals surface area contributed by atoms with E-state index in [9.17, 15) is 0 Å². The molecule has 0 heterocycles. The highest BCUT2D eigenvalue weighted by Crippen LogP contribution is 2.17. The molecule has 0 saturated carbocycles. The van der Waals surface area contributed by atoms with E-state index in [2.05, 4.69) is 0 Å². The van der Waals surface area contributed by atoms with Crippen LogP contribution in [0.1, 0.15) is 186 Å². The van der Waals surface area contributed by atoms with Gasteiger partial charge in [-0.15, -0.1) is 0 Å². The summed E-state index contributed by atoms with van der Waals surface area (Å²) in [6.07, 6.45) is 41.5. The highest BCUT2D eigenvalue weighted by Gasteiger charge is 2.01. The standard InChI is InChI=1S/C31H65Cl2NSi/c32-35(33)31-29-27-25-23-21-19-17-15-13-11-9-7-5-3-1-2-4-6-8-10-12-14-16-18-20-22-24-26-28-30-34/h35H,1-31,34H2. The molecule has 0 atom stereocenters. The average Bonchev–Trinajstić information content (AvgIpc) is 2.85. The lowest BCUT2D eigenvalue weighted by atomic mass is 10.0. The van der Waals surface area contributed by atoms with Gasteiger partial charge in [-0.2, -0.15) is 22.2 Å². The third-order valence-electron chi connectivity index (χ3n) is 7.63. The number of unbranched alkanes of at least 4 members (excludes halogenated alkanes) is 28. The van der Waals surface area contributed by atoms with Gasteiger partial charge in [0.2, 0.25) is 7.42 Å². The second-order valence-electron chi connectivity index (χ2n) is 11.2. The van der Waals surface area contributed by atoms with Gasteiger partial charge in [0.25, 0.3) is 0 Å². The molecule has 0 bridgehead atoms. The Bertz CT molecular complexity index is 368. The van der Waals surface area contributed by atoms with E-state index in [1.54, 1.807) is 0 Å². The summed E-state index contributed by atoms with van der Waals surface area (Å²) in [4.78, 5) is 0. The quantitative estimate of drug-likeness (QED) is 0.0518. The molecular weight excluding hydrogens is 485 g/mol. The number of nitrogens with two attached hydrogens (primary N) is 1. The number of halogens is 2. The van der Waals surface area contributed by atoms with Crippen LogP contribution in [0, 0.1) is 0 Å². The highest BCUT2D eigenvalue weighted by atomic mass is 35.7. The zero-order valence-electron chi connectivity index (χ0n) is 23.8. The van der Waals surface area contributed by atoms with Gasteiger partial charge < -0.3 is 5.73 Å². The van der Waals surface area contributed by atoms with Crippen LogP contribution >= 0.6 is 22.2 Å². The molecule has 0 aliphatic heterocycles. The first-order valence-corrected chi connectivity index (χ1v) is 20.6.